The number of carboxylic acid groups (broad SMARTS) is 1. The zero-order valence-electron chi connectivity index (χ0n) is 12.6. The van der Waals surface area contributed by atoms with Gasteiger partial charge in [-0.1, -0.05) is 13.8 Å². The number of carboxylic acids is 1. The molecule has 2 unspecified atom stereocenters. The molecule has 0 bridgehead atoms. The summed E-state index contributed by atoms with van der Waals surface area (Å²) in [6, 6.07) is 3.34. The Bertz CT molecular complexity index is 536. The van der Waals surface area contributed by atoms with E-state index in [0.29, 0.717) is 12.3 Å². The van der Waals surface area contributed by atoms with Crippen molar-refractivity contribution in [1.82, 2.24) is 9.88 Å². The van der Waals surface area contributed by atoms with Gasteiger partial charge in [0.05, 0.1) is 6.10 Å². The zero-order chi connectivity index (χ0) is 15.6. The minimum atomic E-state index is -0.972. The Morgan fingerprint density at radius 3 is 2.81 bits per heavy atom. The van der Waals surface area contributed by atoms with E-state index >= 15 is 0 Å². The average molecular weight is 294 g/mol. The van der Waals surface area contributed by atoms with Crippen LogP contribution in [-0.2, 0) is 16.1 Å². The van der Waals surface area contributed by atoms with Crippen LogP contribution < -0.4 is 5.32 Å². The number of amides is 1. The number of aliphatic carboxylic acids is 1. The highest BCUT2D eigenvalue weighted by molar-refractivity contribution is 5.93. The molecule has 1 saturated carbocycles. The first-order valence-electron chi connectivity index (χ1n) is 7.15. The lowest BCUT2D eigenvalue weighted by molar-refractivity contribution is -0.137. The molecule has 116 valence electrons. The van der Waals surface area contributed by atoms with Crippen molar-refractivity contribution in [2.45, 2.75) is 45.9 Å². The van der Waals surface area contributed by atoms with Crippen LogP contribution in [0.4, 0.5) is 0 Å². The number of carbonyl (C=O) groups excluding carboxylic acids is 1. The molecule has 2 rings (SSSR count). The zero-order valence-corrected chi connectivity index (χ0v) is 12.6. The van der Waals surface area contributed by atoms with E-state index < -0.39 is 5.97 Å². The fourth-order valence-corrected chi connectivity index (χ4v) is 2.75. The quantitative estimate of drug-likeness (QED) is 0.833. The van der Waals surface area contributed by atoms with Crippen LogP contribution in [0, 0.1) is 5.41 Å². The molecule has 1 aromatic heterocycles. The first-order valence-corrected chi connectivity index (χ1v) is 7.15. The summed E-state index contributed by atoms with van der Waals surface area (Å²) in [5, 5.41) is 11.8. The summed E-state index contributed by atoms with van der Waals surface area (Å²) in [6.07, 6.45) is 2.53. The van der Waals surface area contributed by atoms with Gasteiger partial charge >= 0.3 is 5.97 Å². The van der Waals surface area contributed by atoms with Crippen LogP contribution in [0.3, 0.4) is 0 Å². The maximum atomic E-state index is 12.3. The molecule has 6 nitrogen and oxygen atoms in total. The number of rotatable bonds is 6. The van der Waals surface area contributed by atoms with Gasteiger partial charge in [-0.15, -0.1) is 0 Å². The van der Waals surface area contributed by atoms with Gasteiger partial charge in [-0.05, 0) is 25.5 Å². The van der Waals surface area contributed by atoms with E-state index in [1.807, 2.05) is 6.92 Å². The minimum absolute atomic E-state index is 0.0368. The van der Waals surface area contributed by atoms with Gasteiger partial charge in [-0.25, -0.2) is 0 Å². The number of ether oxygens (including phenoxy) is 1. The van der Waals surface area contributed by atoms with E-state index in [9.17, 15) is 9.59 Å². The van der Waals surface area contributed by atoms with Gasteiger partial charge in [0, 0.05) is 24.3 Å². The van der Waals surface area contributed by atoms with Crippen molar-refractivity contribution in [2.75, 3.05) is 6.61 Å². The Balaban J connectivity index is 2.00. The molecule has 0 saturated heterocycles. The van der Waals surface area contributed by atoms with Crippen LogP contribution in [0.25, 0.3) is 0 Å². The number of nitrogens with one attached hydrogen (secondary N) is 1. The van der Waals surface area contributed by atoms with Crippen molar-refractivity contribution in [1.29, 1.82) is 0 Å². The number of nitrogens with zero attached hydrogens (tertiary/aromatic N) is 1. The Hall–Kier alpha value is -1.82. The molecular weight excluding hydrogens is 272 g/mol. The van der Waals surface area contributed by atoms with Gasteiger partial charge in [0.25, 0.3) is 5.91 Å². The SMILES string of the molecule is CCOC1CC(NC(=O)c2cccn2CC(=O)O)C1(C)C. The molecular formula is C15H22N2O4. The first-order chi connectivity index (χ1) is 9.86. The van der Waals surface area contributed by atoms with Gasteiger partial charge in [0.15, 0.2) is 0 Å². The van der Waals surface area contributed by atoms with Crippen molar-refractivity contribution >= 4 is 11.9 Å². The molecule has 1 aliphatic rings. The van der Waals surface area contributed by atoms with E-state index in [1.54, 1.807) is 18.3 Å². The molecule has 0 radical (unpaired) electrons. The molecule has 1 aromatic rings. The van der Waals surface area contributed by atoms with E-state index in [-0.39, 0.29) is 30.0 Å². The summed E-state index contributed by atoms with van der Waals surface area (Å²) in [5.74, 6) is -1.21. The fraction of sp³-hybridized carbons (Fsp3) is 0.600. The van der Waals surface area contributed by atoms with Crippen LogP contribution in [0.15, 0.2) is 18.3 Å². The molecule has 0 aromatic carbocycles. The van der Waals surface area contributed by atoms with Crippen molar-refractivity contribution in [2.24, 2.45) is 5.41 Å². The van der Waals surface area contributed by atoms with E-state index in [1.165, 1.54) is 4.57 Å². The highest BCUT2D eigenvalue weighted by Gasteiger charge is 2.49. The number of aromatic nitrogens is 1. The van der Waals surface area contributed by atoms with Gasteiger partial charge in [-0.2, -0.15) is 0 Å². The summed E-state index contributed by atoms with van der Waals surface area (Å²) in [6.45, 7) is 6.54. The summed E-state index contributed by atoms with van der Waals surface area (Å²) < 4.78 is 7.07. The van der Waals surface area contributed by atoms with Gasteiger partial charge in [0.2, 0.25) is 0 Å². The second kappa shape index (κ2) is 5.89. The van der Waals surface area contributed by atoms with Gasteiger partial charge in [-0.3, -0.25) is 9.59 Å². The molecule has 1 heterocycles. The molecule has 1 aliphatic carbocycles. The lowest BCUT2D eigenvalue weighted by Crippen LogP contribution is -2.62. The number of hydrogen-bond acceptors (Lipinski definition) is 3. The third kappa shape index (κ3) is 3.10. The van der Waals surface area contributed by atoms with Crippen LogP contribution in [0.1, 0.15) is 37.7 Å². The van der Waals surface area contributed by atoms with E-state index in [2.05, 4.69) is 19.2 Å². The predicted molar refractivity (Wildman–Crippen MR) is 77.1 cm³/mol. The summed E-state index contributed by atoms with van der Waals surface area (Å²) in [4.78, 5) is 23.1. The lowest BCUT2D eigenvalue weighted by atomic mass is 9.64. The second-order valence-corrected chi connectivity index (χ2v) is 5.94. The third-order valence-corrected chi connectivity index (χ3v) is 4.22. The Kier molecular flexibility index (Phi) is 4.37. The van der Waals surface area contributed by atoms with Crippen molar-refractivity contribution < 1.29 is 19.4 Å². The van der Waals surface area contributed by atoms with E-state index in [4.69, 9.17) is 9.84 Å². The molecule has 0 spiro atoms. The molecule has 6 heteroatoms. The monoisotopic (exact) mass is 294 g/mol. The highest BCUT2D eigenvalue weighted by atomic mass is 16.5. The Morgan fingerprint density at radius 1 is 1.52 bits per heavy atom. The predicted octanol–water partition coefficient (Wildman–Crippen LogP) is 1.51. The lowest BCUT2D eigenvalue weighted by Gasteiger charge is -2.51. The van der Waals surface area contributed by atoms with Crippen LogP contribution >= 0.6 is 0 Å². The molecule has 1 fully saturated rings. The van der Waals surface area contributed by atoms with Crippen molar-refractivity contribution in [3.05, 3.63) is 24.0 Å². The molecule has 0 aliphatic heterocycles. The molecule has 1 amide bonds. The molecule has 2 atom stereocenters. The maximum Gasteiger partial charge on any atom is 0.323 e. The van der Waals surface area contributed by atoms with Gasteiger partial charge in [0.1, 0.15) is 12.2 Å². The first kappa shape index (κ1) is 15.6. The van der Waals surface area contributed by atoms with E-state index in [0.717, 1.165) is 6.42 Å². The normalized spacial score (nSPS) is 23.4. The van der Waals surface area contributed by atoms with Crippen LogP contribution in [0.5, 0.6) is 0 Å². The maximum absolute atomic E-state index is 12.3. The summed E-state index contributed by atoms with van der Waals surface area (Å²) in [5.41, 5.74) is 0.253. The average Bonchev–Trinajstić information content (AvgIpc) is 2.84. The number of hydrogen-bond donors (Lipinski definition) is 2. The number of carbonyl (C=O) groups is 2. The van der Waals surface area contributed by atoms with Crippen LogP contribution in [0.2, 0.25) is 0 Å². The topological polar surface area (TPSA) is 80.6 Å². The Morgan fingerprint density at radius 2 is 2.24 bits per heavy atom. The Labute approximate surface area is 124 Å². The van der Waals surface area contributed by atoms with Crippen molar-refractivity contribution in [3.63, 3.8) is 0 Å². The van der Waals surface area contributed by atoms with Crippen molar-refractivity contribution in [3.8, 4) is 0 Å². The standard InChI is InChI=1S/C15H22N2O4/c1-4-21-12-8-11(15(12,2)3)16-14(20)10-6-5-7-17(10)9-13(18)19/h5-7,11-12H,4,8-9H2,1-3H3,(H,16,20)(H,18,19). The highest BCUT2D eigenvalue weighted by Crippen LogP contribution is 2.42. The largest absolute Gasteiger partial charge is 0.480 e. The van der Waals surface area contributed by atoms with Crippen LogP contribution in [-0.4, -0.2) is 40.3 Å². The minimum Gasteiger partial charge on any atom is -0.480 e. The summed E-state index contributed by atoms with van der Waals surface area (Å²) in [7, 11) is 0. The summed E-state index contributed by atoms with van der Waals surface area (Å²) >= 11 is 0. The van der Waals surface area contributed by atoms with Gasteiger partial charge < -0.3 is 19.7 Å². The smallest absolute Gasteiger partial charge is 0.323 e. The third-order valence-electron chi connectivity index (χ3n) is 4.22. The molecule has 21 heavy (non-hydrogen) atoms. The fourth-order valence-electron chi connectivity index (χ4n) is 2.75. The second-order valence-electron chi connectivity index (χ2n) is 5.94. The molecule has 2 N–H and O–H groups in total.